The van der Waals surface area contributed by atoms with Crippen LogP contribution >= 0.6 is 11.3 Å². The van der Waals surface area contributed by atoms with Gasteiger partial charge in [-0.25, -0.2) is 9.78 Å². The molecule has 1 aromatic carbocycles. The topological polar surface area (TPSA) is 67.8 Å². The Kier molecular flexibility index (Phi) is 4.84. The Morgan fingerprint density at radius 2 is 1.85 bits per heavy atom. The predicted octanol–water partition coefficient (Wildman–Crippen LogP) is 3.76. The van der Waals surface area contributed by atoms with Gasteiger partial charge in [0.2, 0.25) is 0 Å². The molecule has 26 heavy (non-hydrogen) atoms. The number of hydrogen-bond donors (Lipinski definition) is 1. The van der Waals surface area contributed by atoms with Crippen LogP contribution in [0.25, 0.3) is 11.3 Å². The van der Waals surface area contributed by atoms with Gasteiger partial charge in [-0.05, 0) is 24.3 Å². The third-order valence-corrected chi connectivity index (χ3v) is 5.87. The molecule has 1 aliphatic rings. The Morgan fingerprint density at radius 3 is 2.58 bits per heavy atom. The normalized spacial score (nSPS) is 15.2. The molecule has 134 valence electrons. The molecule has 1 aliphatic carbocycles. The highest BCUT2D eigenvalue weighted by atomic mass is 32.1. The smallest absolute Gasteiger partial charge is 0.294 e. The van der Waals surface area contributed by atoms with Crippen LogP contribution in [0.5, 0.6) is 0 Å². The number of nitrogens with one attached hydrogen (secondary N) is 1. The summed E-state index contributed by atoms with van der Waals surface area (Å²) in [7, 11) is 0. The largest absolute Gasteiger partial charge is 0.328 e. The third kappa shape index (κ3) is 3.70. The van der Waals surface area contributed by atoms with Gasteiger partial charge in [0.25, 0.3) is 5.56 Å². The molecule has 0 saturated heterocycles. The van der Waals surface area contributed by atoms with Crippen molar-refractivity contribution < 1.29 is 0 Å². The zero-order valence-electron chi connectivity index (χ0n) is 14.5. The van der Waals surface area contributed by atoms with Crippen LogP contribution in [0.15, 0.2) is 51.5 Å². The van der Waals surface area contributed by atoms with Crippen molar-refractivity contribution in [3.8, 4) is 11.3 Å². The van der Waals surface area contributed by atoms with Gasteiger partial charge in [-0.2, -0.15) is 0 Å². The van der Waals surface area contributed by atoms with Crippen LogP contribution in [0.2, 0.25) is 0 Å². The van der Waals surface area contributed by atoms with Gasteiger partial charge in [-0.15, -0.1) is 11.3 Å². The maximum atomic E-state index is 11.8. The van der Waals surface area contributed by atoms with Crippen molar-refractivity contribution in [3.63, 3.8) is 0 Å². The van der Waals surface area contributed by atoms with E-state index in [2.05, 4.69) is 34.2 Å². The number of nitrogens with zero attached hydrogens (tertiary/aromatic N) is 2. The van der Waals surface area contributed by atoms with Crippen LogP contribution in [0.4, 0.5) is 0 Å². The van der Waals surface area contributed by atoms with Crippen LogP contribution < -0.4 is 11.2 Å². The third-order valence-electron chi connectivity index (χ3n) is 5.04. The maximum Gasteiger partial charge on any atom is 0.328 e. The number of aromatic nitrogens is 3. The lowest BCUT2D eigenvalue weighted by molar-refractivity contribution is 0.443. The maximum absolute atomic E-state index is 11.8. The molecule has 1 N–H and O–H groups in total. The van der Waals surface area contributed by atoms with Crippen molar-refractivity contribution >= 4 is 11.3 Å². The number of H-pyrrole nitrogens is 1. The van der Waals surface area contributed by atoms with Crippen molar-refractivity contribution in [3.05, 3.63) is 73.3 Å². The summed E-state index contributed by atoms with van der Waals surface area (Å²) in [4.78, 5) is 29.8. The summed E-state index contributed by atoms with van der Waals surface area (Å²) >= 11 is 1.52. The van der Waals surface area contributed by atoms with E-state index in [1.807, 2.05) is 5.38 Å². The van der Waals surface area contributed by atoms with Crippen LogP contribution in [0, 0.1) is 0 Å². The zero-order chi connectivity index (χ0) is 17.9. The first kappa shape index (κ1) is 17.0. The van der Waals surface area contributed by atoms with E-state index in [9.17, 15) is 9.59 Å². The summed E-state index contributed by atoms with van der Waals surface area (Å²) in [5.41, 5.74) is 2.66. The molecule has 6 heteroatoms. The molecule has 0 radical (unpaired) electrons. The van der Waals surface area contributed by atoms with E-state index < -0.39 is 5.69 Å². The van der Waals surface area contributed by atoms with Crippen LogP contribution in [-0.4, -0.2) is 14.5 Å². The minimum Gasteiger partial charge on any atom is -0.294 e. The van der Waals surface area contributed by atoms with E-state index in [0.717, 1.165) is 16.3 Å². The molecule has 0 atom stereocenters. The number of thiazole rings is 1. The van der Waals surface area contributed by atoms with E-state index in [4.69, 9.17) is 0 Å². The fraction of sp³-hybridized carbons (Fsp3) is 0.350. The molecule has 4 rings (SSSR count). The van der Waals surface area contributed by atoms with E-state index in [1.54, 1.807) is 0 Å². The molecule has 1 fully saturated rings. The van der Waals surface area contributed by atoms with Gasteiger partial charge < -0.3 is 0 Å². The SMILES string of the molecule is O=c1ccn(Cc2nc(-c3ccc(C4CCCCC4)cc3)cs2)c(=O)[nH]1. The molecule has 5 nitrogen and oxygen atoms in total. The Bertz CT molecular complexity index is 995. The summed E-state index contributed by atoms with van der Waals surface area (Å²) in [5.74, 6) is 0.705. The molecular formula is C20H21N3O2S. The highest BCUT2D eigenvalue weighted by Crippen LogP contribution is 2.33. The van der Waals surface area contributed by atoms with Gasteiger partial charge in [-0.1, -0.05) is 43.5 Å². The average molecular weight is 367 g/mol. The van der Waals surface area contributed by atoms with Gasteiger partial charge in [0.15, 0.2) is 0 Å². The first-order valence-electron chi connectivity index (χ1n) is 9.03. The lowest BCUT2D eigenvalue weighted by Crippen LogP contribution is -2.28. The Morgan fingerprint density at radius 1 is 1.08 bits per heavy atom. The lowest BCUT2D eigenvalue weighted by Gasteiger charge is -2.22. The second kappa shape index (κ2) is 7.41. The van der Waals surface area contributed by atoms with Gasteiger partial charge in [0.1, 0.15) is 5.01 Å². The lowest BCUT2D eigenvalue weighted by atomic mass is 9.84. The van der Waals surface area contributed by atoms with Gasteiger partial charge in [0.05, 0.1) is 12.2 Å². The summed E-state index contributed by atoms with van der Waals surface area (Å²) in [5, 5.41) is 2.85. The van der Waals surface area contributed by atoms with E-state index in [1.165, 1.54) is 65.8 Å². The second-order valence-corrected chi connectivity index (χ2v) is 7.76. The minimum atomic E-state index is -0.411. The number of aromatic amines is 1. The summed E-state index contributed by atoms with van der Waals surface area (Å²) in [6.45, 7) is 0.362. The van der Waals surface area contributed by atoms with Gasteiger partial charge in [0, 0.05) is 23.2 Å². The van der Waals surface area contributed by atoms with Crippen molar-refractivity contribution in [2.24, 2.45) is 0 Å². The summed E-state index contributed by atoms with van der Waals surface area (Å²) in [6.07, 6.45) is 8.15. The molecule has 0 spiro atoms. The Hall–Kier alpha value is -2.47. The minimum absolute atomic E-state index is 0.362. The second-order valence-electron chi connectivity index (χ2n) is 6.82. The Labute approximate surface area is 155 Å². The molecule has 0 unspecified atom stereocenters. The molecule has 0 aliphatic heterocycles. The molecule has 2 heterocycles. The van der Waals surface area contributed by atoms with Gasteiger partial charge >= 0.3 is 5.69 Å². The van der Waals surface area contributed by atoms with Gasteiger partial charge in [-0.3, -0.25) is 14.3 Å². The fourth-order valence-electron chi connectivity index (χ4n) is 3.59. The zero-order valence-corrected chi connectivity index (χ0v) is 15.3. The van der Waals surface area contributed by atoms with E-state index >= 15 is 0 Å². The highest BCUT2D eigenvalue weighted by Gasteiger charge is 2.15. The quantitative estimate of drug-likeness (QED) is 0.763. The monoisotopic (exact) mass is 367 g/mol. The predicted molar refractivity (Wildman–Crippen MR) is 104 cm³/mol. The standard InChI is InChI=1S/C20H21N3O2S/c24-18-10-11-23(20(25)22-18)12-19-21-17(13-26-19)16-8-6-15(7-9-16)14-4-2-1-3-5-14/h6-11,13-14H,1-5,12H2,(H,22,24,25). The molecular weight excluding hydrogens is 346 g/mol. The van der Waals surface area contributed by atoms with Crippen molar-refractivity contribution in [1.29, 1.82) is 0 Å². The van der Waals surface area contributed by atoms with Crippen LogP contribution in [-0.2, 0) is 6.54 Å². The van der Waals surface area contributed by atoms with Crippen molar-refractivity contribution in [2.45, 2.75) is 44.6 Å². The fourth-order valence-corrected chi connectivity index (χ4v) is 4.39. The van der Waals surface area contributed by atoms with E-state index in [0.29, 0.717) is 12.5 Å². The summed E-state index contributed by atoms with van der Waals surface area (Å²) < 4.78 is 1.45. The van der Waals surface area contributed by atoms with Crippen molar-refractivity contribution in [2.75, 3.05) is 0 Å². The molecule has 0 amide bonds. The number of benzene rings is 1. The average Bonchev–Trinajstić information content (AvgIpc) is 3.14. The van der Waals surface area contributed by atoms with Crippen molar-refractivity contribution in [1.82, 2.24) is 14.5 Å². The molecule has 3 aromatic rings. The van der Waals surface area contributed by atoms with Crippen LogP contribution in [0.1, 0.15) is 48.6 Å². The molecule has 0 bridgehead atoms. The van der Waals surface area contributed by atoms with Crippen LogP contribution in [0.3, 0.4) is 0 Å². The molecule has 1 saturated carbocycles. The molecule has 2 aromatic heterocycles. The number of hydrogen-bond acceptors (Lipinski definition) is 4. The first-order chi connectivity index (χ1) is 12.7. The van der Waals surface area contributed by atoms with E-state index in [-0.39, 0.29) is 5.56 Å². The first-order valence-corrected chi connectivity index (χ1v) is 9.91. The Balaban J connectivity index is 1.50. The summed E-state index contributed by atoms with van der Waals surface area (Å²) in [6, 6.07) is 10.1. The number of rotatable bonds is 4. The highest BCUT2D eigenvalue weighted by molar-refractivity contribution is 7.09.